The molecule has 0 unspecified atom stereocenters. The highest BCUT2D eigenvalue weighted by atomic mass is 16.3. The van der Waals surface area contributed by atoms with Crippen molar-refractivity contribution in [1.82, 2.24) is 15.1 Å². The van der Waals surface area contributed by atoms with Crippen LogP contribution in [0.5, 0.6) is 0 Å². The summed E-state index contributed by atoms with van der Waals surface area (Å²) in [4.78, 5) is 40.8. The summed E-state index contributed by atoms with van der Waals surface area (Å²) in [5.41, 5.74) is -0.720. The number of nitrogens with one attached hydrogen (secondary N) is 1. The predicted octanol–water partition coefficient (Wildman–Crippen LogP) is 2.42. The zero-order chi connectivity index (χ0) is 18.1. The van der Waals surface area contributed by atoms with Crippen LogP contribution >= 0.6 is 0 Å². The minimum Gasteiger partial charge on any atom is -0.467 e. The molecule has 0 bridgehead atoms. The lowest BCUT2D eigenvalue weighted by Crippen LogP contribution is -2.48. The number of amides is 4. The van der Waals surface area contributed by atoms with Crippen LogP contribution < -0.4 is 5.32 Å². The molecule has 1 aromatic rings. The summed E-state index contributed by atoms with van der Waals surface area (Å²) >= 11 is 0. The van der Waals surface area contributed by atoms with Crippen molar-refractivity contribution >= 4 is 17.8 Å². The van der Waals surface area contributed by atoms with Gasteiger partial charge in [0, 0.05) is 19.0 Å². The Labute approximate surface area is 152 Å². The summed E-state index contributed by atoms with van der Waals surface area (Å²) in [6.07, 6.45) is 8.18. The molecule has 1 N–H and O–H groups in total. The van der Waals surface area contributed by atoms with Gasteiger partial charge in [0.15, 0.2) is 0 Å². The molecule has 0 radical (unpaired) electrons. The van der Waals surface area contributed by atoms with Gasteiger partial charge in [0.05, 0.1) is 12.8 Å². The van der Waals surface area contributed by atoms with E-state index in [2.05, 4.69) is 5.32 Å². The van der Waals surface area contributed by atoms with Crippen LogP contribution in [-0.4, -0.2) is 45.8 Å². The SMILES string of the molecule is O=C1NC2(CCCCC2)C(=O)N1CCC(=O)N(Cc1ccco1)C1CC1. The first-order valence-corrected chi connectivity index (χ1v) is 9.55. The predicted molar refractivity (Wildman–Crippen MR) is 93.0 cm³/mol. The molecule has 4 rings (SSSR count). The van der Waals surface area contributed by atoms with Gasteiger partial charge >= 0.3 is 6.03 Å². The van der Waals surface area contributed by atoms with Gasteiger partial charge in [0.1, 0.15) is 11.3 Å². The molecule has 140 valence electrons. The molecule has 7 nitrogen and oxygen atoms in total. The number of rotatable bonds is 6. The molecule has 1 aromatic heterocycles. The van der Waals surface area contributed by atoms with Crippen LogP contribution in [0, 0.1) is 0 Å². The fourth-order valence-corrected chi connectivity index (χ4v) is 4.10. The number of imide groups is 1. The highest BCUT2D eigenvalue weighted by Gasteiger charge is 2.51. The standard InChI is InChI=1S/C19H25N3O4/c23-16(22(14-6-7-14)13-15-5-4-12-26-15)8-11-21-17(24)19(20-18(21)25)9-2-1-3-10-19/h4-5,12,14H,1-3,6-11,13H2,(H,20,25). The van der Waals surface area contributed by atoms with Crippen molar-refractivity contribution in [2.24, 2.45) is 0 Å². The number of carbonyl (C=O) groups is 3. The van der Waals surface area contributed by atoms with E-state index in [0.29, 0.717) is 19.4 Å². The lowest BCUT2D eigenvalue weighted by molar-refractivity contribution is -0.135. The normalized spacial score (nSPS) is 21.9. The molecule has 3 fully saturated rings. The molecule has 7 heteroatoms. The number of carbonyl (C=O) groups excluding carboxylic acids is 3. The zero-order valence-electron chi connectivity index (χ0n) is 14.9. The molecule has 1 spiro atoms. The summed E-state index contributed by atoms with van der Waals surface area (Å²) in [7, 11) is 0. The third-order valence-electron chi connectivity index (χ3n) is 5.72. The van der Waals surface area contributed by atoms with Crippen molar-refractivity contribution in [3.63, 3.8) is 0 Å². The molecule has 0 atom stereocenters. The van der Waals surface area contributed by atoms with E-state index in [1.807, 2.05) is 17.0 Å². The number of furan rings is 1. The fraction of sp³-hybridized carbons (Fsp3) is 0.632. The molecule has 2 saturated carbocycles. The molecule has 26 heavy (non-hydrogen) atoms. The Balaban J connectivity index is 1.37. The summed E-state index contributed by atoms with van der Waals surface area (Å²) in [5, 5.41) is 2.89. The van der Waals surface area contributed by atoms with Crippen molar-refractivity contribution in [2.45, 2.75) is 69.5 Å². The van der Waals surface area contributed by atoms with Gasteiger partial charge in [-0.25, -0.2) is 4.79 Å². The van der Waals surface area contributed by atoms with E-state index in [4.69, 9.17) is 4.42 Å². The van der Waals surface area contributed by atoms with Gasteiger partial charge in [-0.1, -0.05) is 19.3 Å². The molecular weight excluding hydrogens is 334 g/mol. The van der Waals surface area contributed by atoms with E-state index in [9.17, 15) is 14.4 Å². The van der Waals surface area contributed by atoms with Crippen molar-refractivity contribution in [3.8, 4) is 0 Å². The van der Waals surface area contributed by atoms with Crippen LogP contribution in [0.2, 0.25) is 0 Å². The van der Waals surface area contributed by atoms with Crippen LogP contribution in [0.25, 0.3) is 0 Å². The fourth-order valence-electron chi connectivity index (χ4n) is 4.10. The third kappa shape index (κ3) is 3.22. The van der Waals surface area contributed by atoms with E-state index in [-0.39, 0.29) is 36.9 Å². The second-order valence-electron chi connectivity index (χ2n) is 7.61. The number of hydrogen-bond donors (Lipinski definition) is 1. The number of nitrogens with zero attached hydrogens (tertiary/aromatic N) is 2. The Hall–Kier alpha value is -2.31. The Bertz CT molecular complexity index is 690. The second kappa shape index (κ2) is 6.78. The molecular formula is C19H25N3O4. The maximum Gasteiger partial charge on any atom is 0.325 e. The van der Waals surface area contributed by atoms with Gasteiger partial charge in [-0.2, -0.15) is 0 Å². The minimum atomic E-state index is -0.720. The average molecular weight is 359 g/mol. The second-order valence-corrected chi connectivity index (χ2v) is 7.61. The molecule has 3 aliphatic rings. The van der Waals surface area contributed by atoms with Crippen LogP contribution in [0.1, 0.15) is 57.1 Å². The summed E-state index contributed by atoms with van der Waals surface area (Å²) < 4.78 is 5.36. The molecule has 2 aliphatic carbocycles. The highest BCUT2D eigenvalue weighted by molar-refractivity contribution is 6.07. The van der Waals surface area contributed by atoms with Crippen molar-refractivity contribution in [3.05, 3.63) is 24.2 Å². The van der Waals surface area contributed by atoms with Gasteiger partial charge in [0.2, 0.25) is 5.91 Å². The summed E-state index contributed by atoms with van der Waals surface area (Å²) in [6.45, 7) is 0.590. The topological polar surface area (TPSA) is 82.9 Å². The first kappa shape index (κ1) is 17.1. The number of urea groups is 1. The first-order chi connectivity index (χ1) is 12.6. The largest absolute Gasteiger partial charge is 0.467 e. The van der Waals surface area contributed by atoms with Gasteiger partial charge in [-0.05, 0) is 37.8 Å². The van der Waals surface area contributed by atoms with Crippen LogP contribution in [0.4, 0.5) is 4.79 Å². The van der Waals surface area contributed by atoms with Crippen LogP contribution in [0.15, 0.2) is 22.8 Å². The van der Waals surface area contributed by atoms with E-state index >= 15 is 0 Å². The highest BCUT2D eigenvalue weighted by Crippen LogP contribution is 2.34. The molecule has 1 aliphatic heterocycles. The molecule has 2 heterocycles. The van der Waals surface area contributed by atoms with Crippen LogP contribution in [0.3, 0.4) is 0 Å². The molecule has 0 aromatic carbocycles. The van der Waals surface area contributed by atoms with Crippen molar-refractivity contribution in [1.29, 1.82) is 0 Å². The van der Waals surface area contributed by atoms with E-state index < -0.39 is 5.54 Å². The lowest BCUT2D eigenvalue weighted by atomic mass is 9.82. The lowest BCUT2D eigenvalue weighted by Gasteiger charge is -2.30. The van der Waals surface area contributed by atoms with Crippen molar-refractivity contribution in [2.75, 3.05) is 6.54 Å². The Morgan fingerprint density at radius 2 is 2.04 bits per heavy atom. The van der Waals surface area contributed by atoms with E-state index in [0.717, 1.165) is 37.9 Å². The smallest absolute Gasteiger partial charge is 0.325 e. The monoisotopic (exact) mass is 359 g/mol. The van der Waals surface area contributed by atoms with Gasteiger partial charge in [-0.15, -0.1) is 0 Å². The Morgan fingerprint density at radius 3 is 2.69 bits per heavy atom. The number of hydrogen-bond acceptors (Lipinski definition) is 4. The Kier molecular flexibility index (Phi) is 4.46. The maximum absolute atomic E-state index is 12.8. The molecule has 1 saturated heterocycles. The van der Waals surface area contributed by atoms with Gasteiger partial charge < -0.3 is 14.6 Å². The minimum absolute atomic E-state index is 0.0332. The van der Waals surface area contributed by atoms with E-state index in [1.165, 1.54) is 4.90 Å². The zero-order valence-corrected chi connectivity index (χ0v) is 14.9. The van der Waals surface area contributed by atoms with E-state index in [1.54, 1.807) is 6.26 Å². The average Bonchev–Trinajstić information content (AvgIpc) is 3.30. The Morgan fingerprint density at radius 1 is 1.27 bits per heavy atom. The van der Waals surface area contributed by atoms with Crippen molar-refractivity contribution < 1.29 is 18.8 Å². The first-order valence-electron chi connectivity index (χ1n) is 9.55. The molecule has 4 amide bonds. The third-order valence-corrected chi connectivity index (χ3v) is 5.72. The summed E-state index contributed by atoms with van der Waals surface area (Å²) in [5.74, 6) is 0.564. The maximum atomic E-state index is 12.8. The van der Waals surface area contributed by atoms with Crippen LogP contribution in [-0.2, 0) is 16.1 Å². The van der Waals surface area contributed by atoms with Gasteiger partial charge in [-0.3, -0.25) is 14.5 Å². The summed E-state index contributed by atoms with van der Waals surface area (Å²) in [6, 6.07) is 3.56. The quantitative estimate of drug-likeness (QED) is 0.791. The van der Waals surface area contributed by atoms with Gasteiger partial charge in [0.25, 0.3) is 5.91 Å².